The SMILES string of the molecule is COc1ccc(CN2CC(=O)N(c3cccc(C)c3)[C@@H]3CS(=O)(=O)C[C@@H]32)cc1. The summed E-state index contributed by atoms with van der Waals surface area (Å²) in [6.07, 6.45) is 0. The van der Waals surface area contributed by atoms with Gasteiger partial charge in [0.2, 0.25) is 5.91 Å². The van der Waals surface area contributed by atoms with Gasteiger partial charge in [-0.05, 0) is 42.3 Å². The highest BCUT2D eigenvalue weighted by Gasteiger charge is 2.49. The van der Waals surface area contributed by atoms with E-state index in [0.29, 0.717) is 6.54 Å². The van der Waals surface area contributed by atoms with Crippen molar-refractivity contribution in [3.8, 4) is 5.75 Å². The number of sulfone groups is 1. The zero-order chi connectivity index (χ0) is 19.9. The van der Waals surface area contributed by atoms with Crippen molar-refractivity contribution in [1.82, 2.24) is 4.90 Å². The second-order valence-corrected chi connectivity index (χ2v) is 9.72. The van der Waals surface area contributed by atoms with Crippen molar-refractivity contribution in [1.29, 1.82) is 0 Å². The van der Waals surface area contributed by atoms with Crippen LogP contribution in [0, 0.1) is 6.92 Å². The molecule has 6 nitrogen and oxygen atoms in total. The highest BCUT2D eigenvalue weighted by Crippen LogP contribution is 2.32. The van der Waals surface area contributed by atoms with Crippen molar-refractivity contribution in [2.24, 2.45) is 0 Å². The van der Waals surface area contributed by atoms with Crippen LogP contribution >= 0.6 is 0 Å². The molecule has 0 aliphatic carbocycles. The van der Waals surface area contributed by atoms with Gasteiger partial charge in [-0.1, -0.05) is 24.3 Å². The number of amides is 1. The maximum Gasteiger partial charge on any atom is 0.241 e. The van der Waals surface area contributed by atoms with Crippen molar-refractivity contribution in [2.45, 2.75) is 25.6 Å². The van der Waals surface area contributed by atoms with E-state index in [0.717, 1.165) is 22.6 Å². The van der Waals surface area contributed by atoms with E-state index in [1.54, 1.807) is 12.0 Å². The third kappa shape index (κ3) is 3.64. The number of hydrogen-bond donors (Lipinski definition) is 0. The van der Waals surface area contributed by atoms with E-state index in [2.05, 4.69) is 0 Å². The summed E-state index contributed by atoms with van der Waals surface area (Å²) in [4.78, 5) is 16.7. The molecule has 2 heterocycles. The lowest BCUT2D eigenvalue weighted by atomic mass is 10.0. The summed E-state index contributed by atoms with van der Waals surface area (Å²) in [5.41, 5.74) is 2.85. The lowest BCUT2D eigenvalue weighted by Gasteiger charge is -2.43. The molecule has 0 bridgehead atoms. The second-order valence-electron chi connectivity index (χ2n) is 7.57. The fraction of sp³-hybridized carbons (Fsp3) is 0.381. The van der Waals surface area contributed by atoms with E-state index in [1.165, 1.54) is 0 Å². The molecule has 0 saturated carbocycles. The number of ether oxygens (including phenoxy) is 1. The van der Waals surface area contributed by atoms with Gasteiger partial charge >= 0.3 is 0 Å². The Hall–Kier alpha value is -2.38. The van der Waals surface area contributed by atoms with Crippen LogP contribution in [0.15, 0.2) is 48.5 Å². The number of fused-ring (bicyclic) bond motifs is 1. The van der Waals surface area contributed by atoms with E-state index >= 15 is 0 Å². The number of methoxy groups -OCH3 is 1. The topological polar surface area (TPSA) is 66.9 Å². The van der Waals surface area contributed by atoms with Crippen molar-refractivity contribution in [3.63, 3.8) is 0 Å². The number of piperazine rings is 1. The largest absolute Gasteiger partial charge is 0.497 e. The zero-order valence-corrected chi connectivity index (χ0v) is 16.9. The van der Waals surface area contributed by atoms with Gasteiger partial charge in [0.25, 0.3) is 0 Å². The molecule has 2 saturated heterocycles. The molecule has 0 radical (unpaired) electrons. The first-order valence-corrected chi connectivity index (χ1v) is 11.1. The van der Waals surface area contributed by atoms with Crippen LogP contribution in [0.1, 0.15) is 11.1 Å². The monoisotopic (exact) mass is 400 g/mol. The first kappa shape index (κ1) is 19.0. The van der Waals surface area contributed by atoms with Gasteiger partial charge in [0.05, 0.1) is 31.2 Å². The van der Waals surface area contributed by atoms with Crippen LogP contribution in [0.5, 0.6) is 5.75 Å². The minimum Gasteiger partial charge on any atom is -0.497 e. The van der Waals surface area contributed by atoms with E-state index in [9.17, 15) is 13.2 Å². The van der Waals surface area contributed by atoms with Crippen LogP contribution in [0.4, 0.5) is 5.69 Å². The fourth-order valence-corrected chi connectivity index (χ4v) is 6.19. The molecule has 2 atom stereocenters. The molecule has 2 aliphatic rings. The maximum absolute atomic E-state index is 13.0. The second kappa shape index (κ2) is 7.22. The lowest BCUT2D eigenvalue weighted by Crippen LogP contribution is -2.61. The Balaban J connectivity index is 1.64. The van der Waals surface area contributed by atoms with Crippen molar-refractivity contribution in [3.05, 3.63) is 59.7 Å². The molecule has 2 fully saturated rings. The van der Waals surface area contributed by atoms with Gasteiger partial charge in [-0.3, -0.25) is 9.69 Å². The summed E-state index contributed by atoms with van der Waals surface area (Å²) in [6, 6.07) is 14.8. The average molecular weight is 401 g/mol. The number of benzene rings is 2. The molecule has 7 heteroatoms. The smallest absolute Gasteiger partial charge is 0.241 e. The molecule has 0 aromatic heterocycles. The number of carbonyl (C=O) groups is 1. The van der Waals surface area contributed by atoms with E-state index in [4.69, 9.17) is 4.74 Å². The summed E-state index contributed by atoms with van der Waals surface area (Å²) in [6.45, 7) is 2.71. The molecular weight excluding hydrogens is 376 g/mol. The molecule has 0 spiro atoms. The summed E-state index contributed by atoms with van der Waals surface area (Å²) >= 11 is 0. The Morgan fingerprint density at radius 2 is 1.79 bits per heavy atom. The predicted molar refractivity (Wildman–Crippen MR) is 108 cm³/mol. The first-order chi connectivity index (χ1) is 13.4. The van der Waals surface area contributed by atoms with Gasteiger partial charge < -0.3 is 9.64 Å². The van der Waals surface area contributed by atoms with Crippen LogP contribution in [-0.2, 0) is 21.2 Å². The number of anilines is 1. The van der Waals surface area contributed by atoms with Crippen LogP contribution in [0.3, 0.4) is 0 Å². The quantitative estimate of drug-likeness (QED) is 0.786. The van der Waals surface area contributed by atoms with Crippen molar-refractivity contribution < 1.29 is 17.9 Å². The average Bonchev–Trinajstić information content (AvgIpc) is 2.97. The summed E-state index contributed by atoms with van der Waals surface area (Å²) < 4.78 is 30.1. The third-order valence-corrected chi connectivity index (χ3v) is 7.22. The fourth-order valence-electron chi connectivity index (χ4n) is 4.21. The minimum atomic E-state index is -3.19. The van der Waals surface area contributed by atoms with E-state index in [1.807, 2.05) is 60.4 Å². The van der Waals surface area contributed by atoms with Gasteiger partial charge in [0.1, 0.15) is 5.75 Å². The minimum absolute atomic E-state index is 0.0104. The molecule has 148 valence electrons. The van der Waals surface area contributed by atoms with E-state index < -0.39 is 9.84 Å². The molecule has 4 rings (SSSR count). The van der Waals surface area contributed by atoms with Gasteiger partial charge in [-0.2, -0.15) is 0 Å². The summed E-state index contributed by atoms with van der Waals surface area (Å²) in [5.74, 6) is 0.808. The highest BCUT2D eigenvalue weighted by atomic mass is 32.2. The van der Waals surface area contributed by atoms with Crippen LogP contribution in [0.2, 0.25) is 0 Å². The van der Waals surface area contributed by atoms with Gasteiger partial charge in [-0.25, -0.2) is 8.42 Å². The van der Waals surface area contributed by atoms with Crippen LogP contribution in [0.25, 0.3) is 0 Å². The zero-order valence-electron chi connectivity index (χ0n) is 16.0. The van der Waals surface area contributed by atoms with Gasteiger partial charge in [-0.15, -0.1) is 0 Å². The first-order valence-electron chi connectivity index (χ1n) is 9.32. The van der Waals surface area contributed by atoms with Crippen molar-refractivity contribution >= 4 is 21.4 Å². The Bertz CT molecular complexity index is 988. The molecular formula is C21H24N2O4S. The summed E-state index contributed by atoms with van der Waals surface area (Å²) in [5, 5.41) is 0. The summed E-state index contributed by atoms with van der Waals surface area (Å²) in [7, 11) is -1.58. The molecule has 2 aromatic rings. The predicted octanol–water partition coefficient (Wildman–Crippen LogP) is 2.02. The highest BCUT2D eigenvalue weighted by molar-refractivity contribution is 7.91. The van der Waals surface area contributed by atoms with Crippen LogP contribution in [-0.4, -0.2) is 56.5 Å². The number of aryl methyl sites for hydroxylation is 1. The Morgan fingerprint density at radius 1 is 1.07 bits per heavy atom. The third-order valence-electron chi connectivity index (χ3n) is 5.53. The number of hydrogen-bond acceptors (Lipinski definition) is 5. The Morgan fingerprint density at radius 3 is 2.46 bits per heavy atom. The lowest BCUT2D eigenvalue weighted by molar-refractivity contribution is -0.123. The number of carbonyl (C=O) groups excluding carboxylic acids is 1. The van der Waals surface area contributed by atoms with Gasteiger partial charge in [0.15, 0.2) is 9.84 Å². The van der Waals surface area contributed by atoms with Crippen molar-refractivity contribution in [2.75, 3.05) is 30.1 Å². The standard InChI is InChI=1S/C21H24N2O4S/c1-15-4-3-5-17(10-15)23-20-14-28(25,26)13-19(20)22(12-21(23)24)11-16-6-8-18(27-2)9-7-16/h3-10,19-20H,11-14H2,1-2H3/t19-,20+/m0/s1. The molecule has 0 unspecified atom stereocenters. The molecule has 2 aromatic carbocycles. The van der Waals surface area contributed by atoms with Gasteiger partial charge in [0, 0.05) is 18.3 Å². The van der Waals surface area contributed by atoms with Crippen LogP contribution < -0.4 is 9.64 Å². The normalized spacial score (nSPS) is 24.2. The number of rotatable bonds is 4. The Labute approximate surface area is 165 Å². The molecule has 1 amide bonds. The molecule has 2 aliphatic heterocycles. The Kier molecular flexibility index (Phi) is 4.89. The number of nitrogens with zero attached hydrogens (tertiary/aromatic N) is 2. The molecule has 28 heavy (non-hydrogen) atoms. The maximum atomic E-state index is 13.0. The van der Waals surface area contributed by atoms with E-state index in [-0.39, 0.29) is 36.0 Å². The molecule has 0 N–H and O–H groups in total.